The van der Waals surface area contributed by atoms with E-state index in [1.807, 2.05) is 36.4 Å². The summed E-state index contributed by atoms with van der Waals surface area (Å²) in [5.41, 5.74) is 1.11. The SMILES string of the molecule is O=C1N[C@]2(CCCCc3ccccc32)C(=O)N1CCOc1ccccc1Cl. The van der Waals surface area contributed by atoms with E-state index in [1.54, 1.807) is 12.1 Å². The van der Waals surface area contributed by atoms with Gasteiger partial charge in [-0.25, -0.2) is 4.79 Å². The first kappa shape index (κ1) is 17.9. The molecule has 0 unspecified atom stereocenters. The summed E-state index contributed by atoms with van der Waals surface area (Å²) in [7, 11) is 0. The van der Waals surface area contributed by atoms with Crippen LogP contribution in [0.15, 0.2) is 48.5 Å². The first-order valence-electron chi connectivity index (χ1n) is 9.22. The van der Waals surface area contributed by atoms with Crippen molar-refractivity contribution in [3.8, 4) is 5.75 Å². The minimum absolute atomic E-state index is 0.180. The van der Waals surface area contributed by atoms with E-state index in [9.17, 15) is 9.59 Å². The third kappa shape index (κ3) is 3.16. The van der Waals surface area contributed by atoms with Crippen LogP contribution in [0, 0.1) is 0 Å². The zero-order chi connectivity index (χ0) is 18.9. The molecule has 2 aliphatic rings. The summed E-state index contributed by atoms with van der Waals surface area (Å²) in [4.78, 5) is 27.1. The number of carbonyl (C=O) groups excluding carboxylic acids is 2. The van der Waals surface area contributed by atoms with E-state index in [0.29, 0.717) is 17.2 Å². The molecule has 1 aliphatic carbocycles. The smallest absolute Gasteiger partial charge is 0.325 e. The standard InChI is InChI=1S/C21H21ClN2O3/c22-17-10-3-4-11-18(17)27-14-13-24-19(25)21(23-20(24)26)12-6-5-8-15-7-1-2-9-16(15)21/h1-4,7,9-11H,5-6,8,12-14H2,(H,23,26)/t21-/m0/s1. The van der Waals surface area contributed by atoms with Crippen LogP contribution in [-0.2, 0) is 16.8 Å². The molecular formula is C21H21ClN2O3. The summed E-state index contributed by atoms with van der Waals surface area (Å²) in [6.07, 6.45) is 3.45. The second-order valence-corrected chi connectivity index (χ2v) is 7.34. The van der Waals surface area contributed by atoms with E-state index in [2.05, 4.69) is 5.32 Å². The topological polar surface area (TPSA) is 58.6 Å². The molecule has 1 atom stereocenters. The van der Waals surface area contributed by atoms with Gasteiger partial charge in [-0.05, 0) is 48.9 Å². The number of aryl methyl sites for hydroxylation is 1. The molecule has 1 saturated heterocycles. The van der Waals surface area contributed by atoms with Crippen molar-refractivity contribution in [3.63, 3.8) is 0 Å². The first-order valence-corrected chi connectivity index (χ1v) is 9.59. The number of ether oxygens (including phenoxy) is 1. The number of rotatable bonds is 4. The van der Waals surface area contributed by atoms with Crippen LogP contribution >= 0.6 is 11.6 Å². The summed E-state index contributed by atoms with van der Waals surface area (Å²) >= 11 is 6.08. The molecule has 1 heterocycles. The predicted octanol–water partition coefficient (Wildman–Crippen LogP) is 3.89. The number of hydrogen-bond acceptors (Lipinski definition) is 3. The van der Waals surface area contributed by atoms with Gasteiger partial charge in [-0.15, -0.1) is 0 Å². The molecule has 1 fully saturated rings. The fourth-order valence-corrected chi connectivity index (χ4v) is 4.18. The highest BCUT2D eigenvalue weighted by molar-refractivity contribution is 6.32. The van der Waals surface area contributed by atoms with E-state index >= 15 is 0 Å². The van der Waals surface area contributed by atoms with Crippen molar-refractivity contribution in [2.24, 2.45) is 0 Å². The molecule has 2 aromatic carbocycles. The van der Waals surface area contributed by atoms with Gasteiger partial charge >= 0.3 is 6.03 Å². The minimum Gasteiger partial charge on any atom is -0.490 e. The number of fused-ring (bicyclic) bond motifs is 2. The number of amides is 3. The number of benzene rings is 2. The molecule has 0 aromatic heterocycles. The summed E-state index contributed by atoms with van der Waals surface area (Å²) in [5.74, 6) is 0.352. The Morgan fingerprint density at radius 2 is 1.85 bits per heavy atom. The van der Waals surface area contributed by atoms with Gasteiger partial charge in [-0.3, -0.25) is 9.69 Å². The Morgan fingerprint density at radius 3 is 2.70 bits per heavy atom. The molecule has 1 aliphatic heterocycles. The van der Waals surface area contributed by atoms with E-state index < -0.39 is 5.54 Å². The van der Waals surface area contributed by atoms with Crippen LogP contribution < -0.4 is 10.1 Å². The Kier molecular flexibility index (Phi) is 4.79. The number of halogens is 1. The van der Waals surface area contributed by atoms with Gasteiger partial charge in [0.25, 0.3) is 5.91 Å². The van der Waals surface area contributed by atoms with Crippen LogP contribution in [0.4, 0.5) is 4.79 Å². The lowest BCUT2D eigenvalue weighted by atomic mass is 9.84. The third-order valence-corrected chi connectivity index (χ3v) is 5.62. The Bertz CT molecular complexity index is 885. The van der Waals surface area contributed by atoms with Crippen molar-refractivity contribution >= 4 is 23.5 Å². The summed E-state index contributed by atoms with van der Waals surface area (Å²) in [6.45, 7) is 0.375. The highest BCUT2D eigenvalue weighted by Gasteiger charge is 2.53. The zero-order valence-corrected chi connectivity index (χ0v) is 15.7. The number of nitrogens with zero attached hydrogens (tertiary/aromatic N) is 1. The molecule has 1 spiro atoms. The average molecular weight is 385 g/mol. The van der Waals surface area contributed by atoms with Crippen LogP contribution in [0.2, 0.25) is 5.02 Å². The number of urea groups is 1. The largest absolute Gasteiger partial charge is 0.490 e. The second kappa shape index (κ2) is 7.24. The summed E-state index contributed by atoms with van der Waals surface area (Å²) in [6, 6.07) is 14.7. The van der Waals surface area contributed by atoms with Gasteiger partial charge in [0.15, 0.2) is 0 Å². The van der Waals surface area contributed by atoms with Gasteiger partial charge in [-0.1, -0.05) is 48.0 Å². The van der Waals surface area contributed by atoms with Crippen molar-refractivity contribution in [2.45, 2.75) is 31.2 Å². The zero-order valence-electron chi connectivity index (χ0n) is 14.9. The van der Waals surface area contributed by atoms with Crippen LogP contribution in [-0.4, -0.2) is 30.0 Å². The van der Waals surface area contributed by atoms with Gasteiger partial charge < -0.3 is 10.1 Å². The van der Waals surface area contributed by atoms with E-state index in [0.717, 1.165) is 30.4 Å². The Morgan fingerprint density at radius 1 is 1.07 bits per heavy atom. The molecule has 5 nitrogen and oxygen atoms in total. The highest BCUT2D eigenvalue weighted by Crippen LogP contribution is 2.38. The molecule has 0 radical (unpaired) electrons. The molecule has 4 rings (SSSR count). The van der Waals surface area contributed by atoms with Crippen molar-refractivity contribution < 1.29 is 14.3 Å². The van der Waals surface area contributed by atoms with E-state index in [1.165, 1.54) is 4.90 Å². The van der Waals surface area contributed by atoms with Crippen LogP contribution in [0.3, 0.4) is 0 Å². The number of imide groups is 1. The lowest BCUT2D eigenvalue weighted by Crippen LogP contribution is -2.44. The van der Waals surface area contributed by atoms with Crippen molar-refractivity contribution in [2.75, 3.05) is 13.2 Å². The Balaban J connectivity index is 1.53. The van der Waals surface area contributed by atoms with E-state index in [4.69, 9.17) is 16.3 Å². The number of hydrogen-bond donors (Lipinski definition) is 1. The molecule has 3 amide bonds. The first-order chi connectivity index (χ1) is 13.1. The lowest BCUT2D eigenvalue weighted by Gasteiger charge is -2.27. The molecule has 140 valence electrons. The van der Waals surface area contributed by atoms with Crippen LogP contribution in [0.1, 0.15) is 30.4 Å². The monoisotopic (exact) mass is 384 g/mol. The van der Waals surface area contributed by atoms with Gasteiger partial charge in [0.2, 0.25) is 0 Å². The predicted molar refractivity (Wildman–Crippen MR) is 103 cm³/mol. The Labute approximate surface area is 163 Å². The second-order valence-electron chi connectivity index (χ2n) is 6.94. The fourth-order valence-electron chi connectivity index (χ4n) is 3.98. The number of carbonyl (C=O) groups is 2. The molecule has 1 N–H and O–H groups in total. The van der Waals surface area contributed by atoms with Crippen LogP contribution in [0.25, 0.3) is 0 Å². The van der Waals surface area contributed by atoms with Crippen molar-refractivity contribution in [1.29, 1.82) is 0 Å². The summed E-state index contributed by atoms with van der Waals surface area (Å²) < 4.78 is 5.66. The molecule has 6 heteroatoms. The minimum atomic E-state index is -0.950. The van der Waals surface area contributed by atoms with Crippen molar-refractivity contribution in [3.05, 3.63) is 64.7 Å². The maximum absolute atomic E-state index is 13.3. The van der Waals surface area contributed by atoms with Gasteiger partial charge in [0.1, 0.15) is 17.9 Å². The van der Waals surface area contributed by atoms with Crippen LogP contribution in [0.5, 0.6) is 5.75 Å². The maximum atomic E-state index is 13.3. The molecule has 27 heavy (non-hydrogen) atoms. The van der Waals surface area contributed by atoms with E-state index in [-0.39, 0.29) is 25.1 Å². The van der Waals surface area contributed by atoms with Crippen molar-refractivity contribution in [1.82, 2.24) is 10.2 Å². The molecule has 2 aromatic rings. The summed E-state index contributed by atoms with van der Waals surface area (Å²) in [5, 5.41) is 3.48. The highest BCUT2D eigenvalue weighted by atomic mass is 35.5. The number of para-hydroxylation sites is 1. The number of nitrogens with one attached hydrogen (secondary N) is 1. The average Bonchev–Trinajstić information content (AvgIpc) is 2.81. The molecule has 0 saturated carbocycles. The third-order valence-electron chi connectivity index (χ3n) is 5.31. The molecular weight excluding hydrogens is 364 g/mol. The molecule has 0 bridgehead atoms. The fraction of sp³-hybridized carbons (Fsp3) is 0.333. The maximum Gasteiger partial charge on any atom is 0.325 e. The van der Waals surface area contributed by atoms with Gasteiger partial charge in [0.05, 0.1) is 11.6 Å². The Hall–Kier alpha value is -2.53. The quantitative estimate of drug-likeness (QED) is 0.813. The van der Waals surface area contributed by atoms with Gasteiger partial charge in [-0.2, -0.15) is 0 Å². The lowest BCUT2D eigenvalue weighted by molar-refractivity contribution is -0.132. The normalized spacial score (nSPS) is 21.7. The van der Waals surface area contributed by atoms with Gasteiger partial charge in [0, 0.05) is 0 Å².